The van der Waals surface area contributed by atoms with Gasteiger partial charge in [-0.15, -0.1) is 0 Å². The Balaban J connectivity index is 1.39. The number of hydrogen-bond donors (Lipinski definition) is 2. The van der Waals surface area contributed by atoms with Gasteiger partial charge in [0.2, 0.25) is 5.95 Å². The largest absolute Gasteiger partial charge is 0.484 e. The van der Waals surface area contributed by atoms with Gasteiger partial charge in [-0.2, -0.15) is 4.98 Å². The van der Waals surface area contributed by atoms with Gasteiger partial charge in [-0.25, -0.2) is 4.98 Å². The summed E-state index contributed by atoms with van der Waals surface area (Å²) >= 11 is 5.84. The second kappa shape index (κ2) is 9.59. The van der Waals surface area contributed by atoms with Gasteiger partial charge in [-0.1, -0.05) is 11.6 Å². The van der Waals surface area contributed by atoms with E-state index in [9.17, 15) is 4.79 Å². The summed E-state index contributed by atoms with van der Waals surface area (Å²) in [5, 5.41) is 7.10. The van der Waals surface area contributed by atoms with Gasteiger partial charge in [0.1, 0.15) is 11.6 Å². The lowest BCUT2D eigenvalue weighted by Crippen LogP contribution is -2.42. The fourth-order valence-corrected chi connectivity index (χ4v) is 3.31. The third-order valence-corrected chi connectivity index (χ3v) is 4.96. The average Bonchev–Trinajstić information content (AvgIpc) is 2.69. The first-order chi connectivity index (χ1) is 13.5. The van der Waals surface area contributed by atoms with E-state index in [0.717, 1.165) is 31.5 Å². The zero-order chi connectivity index (χ0) is 19.9. The van der Waals surface area contributed by atoms with E-state index in [1.54, 1.807) is 30.5 Å². The van der Waals surface area contributed by atoms with Crippen LogP contribution in [0, 0.1) is 0 Å². The lowest BCUT2D eigenvalue weighted by atomic mass is 9.91. The maximum Gasteiger partial charge on any atom is 0.258 e. The second-order valence-electron chi connectivity index (χ2n) is 7.14. The number of carbonyl (C=O) groups excluding carboxylic acids is 1. The van der Waals surface area contributed by atoms with Crippen LogP contribution in [0.25, 0.3) is 0 Å². The molecule has 2 N–H and O–H groups in total. The minimum Gasteiger partial charge on any atom is -0.484 e. The summed E-state index contributed by atoms with van der Waals surface area (Å²) < 4.78 is 5.49. The van der Waals surface area contributed by atoms with Crippen LogP contribution in [-0.4, -0.2) is 48.7 Å². The van der Waals surface area contributed by atoms with Gasteiger partial charge in [-0.3, -0.25) is 4.79 Å². The molecule has 0 unspecified atom stereocenters. The quantitative estimate of drug-likeness (QED) is 0.739. The highest BCUT2D eigenvalue weighted by Gasteiger charge is 2.23. The highest BCUT2D eigenvalue weighted by molar-refractivity contribution is 6.30. The molecule has 0 atom stereocenters. The Morgan fingerprint density at radius 2 is 1.82 bits per heavy atom. The van der Waals surface area contributed by atoms with E-state index in [2.05, 4.69) is 20.6 Å². The molecule has 1 saturated carbocycles. The molecule has 1 amide bonds. The van der Waals surface area contributed by atoms with E-state index in [1.807, 2.05) is 25.1 Å². The van der Waals surface area contributed by atoms with Crippen LogP contribution in [0.2, 0.25) is 5.02 Å². The van der Waals surface area contributed by atoms with Gasteiger partial charge in [0, 0.05) is 37.4 Å². The smallest absolute Gasteiger partial charge is 0.258 e. The van der Waals surface area contributed by atoms with Crippen molar-refractivity contribution in [1.29, 1.82) is 0 Å². The standard InChI is InChI=1S/C20H26ClN5O2/c1-26(2)18-11-12-22-20(25-18)24-16-7-5-15(6-8-16)23-19(27)13-28-17-9-3-14(21)4-10-17/h3-4,9-12,15-16H,5-8,13H2,1-2H3,(H,23,27)(H,22,24,25). The van der Waals surface area contributed by atoms with Crippen molar-refractivity contribution in [3.05, 3.63) is 41.6 Å². The highest BCUT2D eigenvalue weighted by Crippen LogP contribution is 2.22. The number of amides is 1. The zero-order valence-corrected chi connectivity index (χ0v) is 16.9. The van der Waals surface area contributed by atoms with Crippen molar-refractivity contribution in [3.63, 3.8) is 0 Å². The molecule has 0 bridgehead atoms. The summed E-state index contributed by atoms with van der Waals surface area (Å²) in [6, 6.07) is 9.34. The predicted molar refractivity (Wildman–Crippen MR) is 111 cm³/mol. The maximum atomic E-state index is 12.1. The minimum atomic E-state index is -0.103. The van der Waals surface area contributed by atoms with E-state index in [4.69, 9.17) is 16.3 Å². The molecule has 1 aliphatic rings. The molecule has 0 aliphatic heterocycles. The van der Waals surface area contributed by atoms with Gasteiger partial charge >= 0.3 is 0 Å². The lowest BCUT2D eigenvalue weighted by Gasteiger charge is -2.29. The number of hydrogen-bond acceptors (Lipinski definition) is 6. The van der Waals surface area contributed by atoms with Crippen molar-refractivity contribution in [2.45, 2.75) is 37.8 Å². The summed E-state index contributed by atoms with van der Waals surface area (Å²) in [6.07, 6.45) is 5.50. The Bertz CT molecular complexity index is 776. The number of rotatable bonds is 7. The first-order valence-corrected chi connectivity index (χ1v) is 9.82. The second-order valence-corrected chi connectivity index (χ2v) is 7.57. The van der Waals surface area contributed by atoms with Gasteiger partial charge in [0.25, 0.3) is 5.91 Å². The van der Waals surface area contributed by atoms with Crippen LogP contribution in [0.15, 0.2) is 36.5 Å². The highest BCUT2D eigenvalue weighted by atomic mass is 35.5. The Morgan fingerprint density at radius 1 is 1.14 bits per heavy atom. The molecular weight excluding hydrogens is 378 g/mol. The summed E-state index contributed by atoms with van der Waals surface area (Å²) in [6.45, 7) is 0.00494. The summed E-state index contributed by atoms with van der Waals surface area (Å²) in [4.78, 5) is 22.9. The van der Waals surface area contributed by atoms with Crippen LogP contribution in [0.5, 0.6) is 5.75 Å². The van der Waals surface area contributed by atoms with E-state index in [1.165, 1.54) is 0 Å². The van der Waals surface area contributed by atoms with Crippen molar-refractivity contribution in [3.8, 4) is 5.75 Å². The fraction of sp³-hybridized carbons (Fsp3) is 0.450. The Morgan fingerprint density at radius 3 is 2.50 bits per heavy atom. The maximum absolute atomic E-state index is 12.1. The average molecular weight is 404 g/mol. The molecule has 1 aromatic carbocycles. The third-order valence-electron chi connectivity index (χ3n) is 4.71. The van der Waals surface area contributed by atoms with Crippen LogP contribution >= 0.6 is 11.6 Å². The van der Waals surface area contributed by atoms with Gasteiger partial charge in [0.05, 0.1) is 0 Å². The first kappa shape index (κ1) is 20.2. The molecular formula is C20H26ClN5O2. The Kier molecular flexibility index (Phi) is 6.92. The molecule has 0 saturated heterocycles. The number of anilines is 2. The summed E-state index contributed by atoms with van der Waals surface area (Å²) in [5.74, 6) is 2.05. The van der Waals surface area contributed by atoms with Crippen LogP contribution in [-0.2, 0) is 4.79 Å². The molecule has 3 rings (SSSR count). The van der Waals surface area contributed by atoms with Crippen molar-refractivity contribution in [2.75, 3.05) is 30.9 Å². The molecule has 150 valence electrons. The van der Waals surface area contributed by atoms with Crippen molar-refractivity contribution in [1.82, 2.24) is 15.3 Å². The molecule has 1 fully saturated rings. The van der Waals surface area contributed by atoms with E-state index in [-0.39, 0.29) is 18.6 Å². The number of nitrogens with one attached hydrogen (secondary N) is 2. The Labute approximate surface area is 170 Å². The van der Waals surface area contributed by atoms with Crippen LogP contribution in [0.4, 0.5) is 11.8 Å². The van der Waals surface area contributed by atoms with Crippen LogP contribution in [0.3, 0.4) is 0 Å². The third kappa shape index (κ3) is 5.99. The number of halogens is 1. The topological polar surface area (TPSA) is 79.4 Å². The molecule has 1 aliphatic carbocycles. The number of nitrogens with zero attached hydrogens (tertiary/aromatic N) is 3. The van der Waals surface area contributed by atoms with Gasteiger partial charge in [0.15, 0.2) is 6.61 Å². The molecule has 2 aromatic rings. The van der Waals surface area contributed by atoms with Crippen LogP contribution < -0.4 is 20.3 Å². The van der Waals surface area contributed by atoms with E-state index < -0.39 is 0 Å². The van der Waals surface area contributed by atoms with Crippen molar-refractivity contribution < 1.29 is 9.53 Å². The Hall–Kier alpha value is -2.54. The molecule has 7 nitrogen and oxygen atoms in total. The van der Waals surface area contributed by atoms with E-state index in [0.29, 0.717) is 22.8 Å². The van der Waals surface area contributed by atoms with Crippen LogP contribution in [0.1, 0.15) is 25.7 Å². The number of ether oxygens (including phenoxy) is 1. The SMILES string of the molecule is CN(C)c1ccnc(NC2CCC(NC(=O)COc3ccc(Cl)cc3)CC2)n1. The van der Waals surface area contributed by atoms with Gasteiger partial charge in [-0.05, 0) is 56.0 Å². The molecule has 28 heavy (non-hydrogen) atoms. The van der Waals surface area contributed by atoms with E-state index >= 15 is 0 Å². The lowest BCUT2D eigenvalue weighted by molar-refractivity contribution is -0.124. The van der Waals surface area contributed by atoms with Crippen molar-refractivity contribution >= 4 is 29.3 Å². The number of benzene rings is 1. The molecule has 0 radical (unpaired) electrons. The molecule has 1 heterocycles. The molecule has 1 aromatic heterocycles. The van der Waals surface area contributed by atoms with Crippen molar-refractivity contribution in [2.24, 2.45) is 0 Å². The normalized spacial score (nSPS) is 19.0. The summed E-state index contributed by atoms with van der Waals surface area (Å²) in [5.41, 5.74) is 0. The number of carbonyl (C=O) groups is 1. The first-order valence-electron chi connectivity index (χ1n) is 9.44. The van der Waals surface area contributed by atoms with Gasteiger partial charge < -0.3 is 20.3 Å². The number of aromatic nitrogens is 2. The monoisotopic (exact) mass is 403 g/mol. The molecule has 0 spiro atoms. The predicted octanol–water partition coefficient (Wildman–Crippen LogP) is 3.11. The zero-order valence-electron chi connectivity index (χ0n) is 16.2. The minimum absolute atomic E-state index is 0.00494. The fourth-order valence-electron chi connectivity index (χ4n) is 3.18. The molecule has 8 heteroatoms. The summed E-state index contributed by atoms with van der Waals surface area (Å²) in [7, 11) is 3.91.